The zero-order chi connectivity index (χ0) is 14.9. The van der Waals surface area contributed by atoms with Gasteiger partial charge in [0.1, 0.15) is 5.82 Å². The summed E-state index contributed by atoms with van der Waals surface area (Å²) in [5.74, 6) is -0.945. The topological polar surface area (TPSA) is 110 Å². The second kappa shape index (κ2) is 5.33. The van der Waals surface area contributed by atoms with Crippen LogP contribution in [0.15, 0.2) is 18.3 Å². The third-order valence-electron chi connectivity index (χ3n) is 2.86. The van der Waals surface area contributed by atoms with Crippen molar-refractivity contribution >= 4 is 37.1 Å². The molecule has 1 fully saturated rings. The van der Waals surface area contributed by atoms with Crippen molar-refractivity contribution in [1.82, 2.24) is 4.98 Å². The number of aromatic nitrogens is 1. The van der Waals surface area contributed by atoms with Gasteiger partial charge >= 0.3 is 0 Å². The molecular formula is C10H10ClN3O5S. The molecule has 10 heteroatoms. The van der Waals surface area contributed by atoms with E-state index in [0.717, 1.165) is 0 Å². The van der Waals surface area contributed by atoms with E-state index < -0.39 is 19.9 Å². The van der Waals surface area contributed by atoms with Crippen LogP contribution in [-0.4, -0.2) is 36.5 Å². The molecule has 0 saturated carbocycles. The highest BCUT2D eigenvalue weighted by atomic mass is 35.7. The second-order valence-corrected chi connectivity index (χ2v) is 7.23. The number of carbonyl (C=O) groups excluding carboxylic acids is 1. The van der Waals surface area contributed by atoms with Crippen molar-refractivity contribution in [3.8, 4) is 0 Å². The number of carbonyl (C=O) groups is 1. The van der Waals surface area contributed by atoms with Crippen LogP contribution in [0.4, 0.5) is 11.5 Å². The molecular weight excluding hydrogens is 310 g/mol. The Bertz CT molecular complexity index is 663. The normalized spacial score (nSPS) is 19.4. The lowest BCUT2D eigenvalue weighted by Crippen LogP contribution is -2.26. The number of halogens is 1. The third kappa shape index (κ3) is 3.42. The minimum Gasteiger partial charge on any atom is -0.296 e. The Labute approximate surface area is 118 Å². The van der Waals surface area contributed by atoms with Crippen LogP contribution in [0, 0.1) is 16.0 Å². The fourth-order valence-corrected chi connectivity index (χ4v) is 3.39. The maximum Gasteiger partial charge on any atom is 0.274 e. The highest BCUT2D eigenvalue weighted by Crippen LogP contribution is 2.27. The molecule has 1 saturated heterocycles. The molecule has 20 heavy (non-hydrogen) atoms. The van der Waals surface area contributed by atoms with Crippen molar-refractivity contribution in [3.05, 3.63) is 28.4 Å². The number of hydrogen-bond donors (Lipinski definition) is 0. The molecule has 1 aromatic heterocycles. The van der Waals surface area contributed by atoms with Crippen LogP contribution in [0.1, 0.15) is 6.42 Å². The summed E-state index contributed by atoms with van der Waals surface area (Å²) in [6.07, 6.45) is 1.25. The maximum absolute atomic E-state index is 11.8. The quantitative estimate of drug-likeness (QED) is 0.463. The molecule has 1 amide bonds. The Morgan fingerprint density at radius 1 is 1.55 bits per heavy atom. The summed E-state index contributed by atoms with van der Waals surface area (Å²) in [5, 5.41) is 10.7. The van der Waals surface area contributed by atoms with Crippen molar-refractivity contribution in [3.63, 3.8) is 0 Å². The highest BCUT2D eigenvalue weighted by Gasteiger charge is 2.34. The van der Waals surface area contributed by atoms with E-state index in [-0.39, 0.29) is 36.1 Å². The maximum atomic E-state index is 11.8. The number of nitro groups is 1. The molecule has 0 aliphatic carbocycles. The van der Waals surface area contributed by atoms with Crippen molar-refractivity contribution in [2.75, 3.05) is 17.2 Å². The number of hydrogen-bond acceptors (Lipinski definition) is 6. The van der Waals surface area contributed by atoms with Gasteiger partial charge in [-0.05, 0) is 0 Å². The van der Waals surface area contributed by atoms with Crippen LogP contribution in [0.25, 0.3) is 0 Å². The van der Waals surface area contributed by atoms with Gasteiger partial charge in [-0.15, -0.1) is 0 Å². The molecule has 0 spiro atoms. The zero-order valence-electron chi connectivity index (χ0n) is 10.1. The fourth-order valence-electron chi connectivity index (χ4n) is 2.06. The van der Waals surface area contributed by atoms with Gasteiger partial charge in [-0.2, -0.15) is 0 Å². The van der Waals surface area contributed by atoms with Gasteiger partial charge in [-0.1, -0.05) is 0 Å². The third-order valence-corrected chi connectivity index (χ3v) is 4.10. The summed E-state index contributed by atoms with van der Waals surface area (Å²) in [6.45, 7) is 0.124. The first-order valence-corrected chi connectivity index (χ1v) is 8.07. The molecule has 1 aliphatic heterocycles. The van der Waals surface area contributed by atoms with Crippen LogP contribution in [-0.2, 0) is 13.8 Å². The van der Waals surface area contributed by atoms with E-state index in [1.165, 1.54) is 23.2 Å². The predicted octanol–water partition coefficient (Wildman–Crippen LogP) is 0.911. The molecule has 2 rings (SSSR count). The van der Waals surface area contributed by atoms with Gasteiger partial charge in [0, 0.05) is 41.8 Å². The average Bonchev–Trinajstić information content (AvgIpc) is 2.68. The van der Waals surface area contributed by atoms with E-state index in [2.05, 4.69) is 4.98 Å². The molecule has 0 bridgehead atoms. The number of pyridine rings is 1. The minimum atomic E-state index is -3.69. The molecule has 1 aromatic rings. The predicted molar refractivity (Wildman–Crippen MR) is 71.0 cm³/mol. The van der Waals surface area contributed by atoms with Crippen LogP contribution in [0.2, 0.25) is 0 Å². The van der Waals surface area contributed by atoms with Crippen molar-refractivity contribution in [2.24, 2.45) is 5.92 Å². The fraction of sp³-hybridized carbons (Fsp3) is 0.400. The van der Waals surface area contributed by atoms with Gasteiger partial charge in [0.15, 0.2) is 0 Å². The zero-order valence-corrected chi connectivity index (χ0v) is 11.7. The van der Waals surface area contributed by atoms with E-state index in [0.29, 0.717) is 0 Å². The Morgan fingerprint density at radius 3 is 2.85 bits per heavy atom. The Hall–Kier alpha value is -1.74. The van der Waals surface area contributed by atoms with Crippen LogP contribution in [0.5, 0.6) is 0 Å². The first kappa shape index (κ1) is 14.7. The van der Waals surface area contributed by atoms with Crippen LogP contribution in [0.3, 0.4) is 0 Å². The van der Waals surface area contributed by atoms with Gasteiger partial charge in [-0.25, -0.2) is 13.4 Å². The lowest BCUT2D eigenvalue weighted by Gasteiger charge is -2.14. The molecule has 1 unspecified atom stereocenters. The lowest BCUT2D eigenvalue weighted by atomic mass is 10.1. The summed E-state index contributed by atoms with van der Waals surface area (Å²) in [5.41, 5.74) is -0.184. The number of anilines is 1. The molecule has 1 atom stereocenters. The van der Waals surface area contributed by atoms with E-state index in [9.17, 15) is 23.3 Å². The van der Waals surface area contributed by atoms with Crippen molar-refractivity contribution in [2.45, 2.75) is 6.42 Å². The summed E-state index contributed by atoms with van der Waals surface area (Å²) >= 11 is 0. The lowest BCUT2D eigenvalue weighted by molar-refractivity contribution is -0.384. The molecule has 0 radical (unpaired) electrons. The van der Waals surface area contributed by atoms with Crippen molar-refractivity contribution in [1.29, 1.82) is 0 Å². The summed E-state index contributed by atoms with van der Waals surface area (Å²) in [7, 11) is 1.47. The Balaban J connectivity index is 2.20. The van der Waals surface area contributed by atoms with E-state index in [1.54, 1.807) is 0 Å². The van der Waals surface area contributed by atoms with Crippen molar-refractivity contribution < 1.29 is 18.1 Å². The van der Waals surface area contributed by atoms with Gasteiger partial charge in [0.05, 0.1) is 16.7 Å². The number of nitrogens with zero attached hydrogens (tertiary/aromatic N) is 3. The number of amides is 1. The minimum absolute atomic E-state index is 0.0241. The van der Waals surface area contributed by atoms with E-state index in [1.807, 2.05) is 0 Å². The molecule has 2 heterocycles. The number of rotatable bonds is 4. The average molecular weight is 320 g/mol. The SMILES string of the molecule is O=C1CC(CS(=O)(=O)Cl)CN1c1cc([N+](=O)[O-])ccn1. The largest absolute Gasteiger partial charge is 0.296 e. The summed E-state index contributed by atoms with van der Waals surface area (Å²) in [4.78, 5) is 27.1. The first-order chi connectivity index (χ1) is 9.26. The van der Waals surface area contributed by atoms with E-state index >= 15 is 0 Å². The van der Waals surface area contributed by atoms with Gasteiger partial charge in [0.25, 0.3) is 5.69 Å². The smallest absolute Gasteiger partial charge is 0.274 e. The van der Waals surface area contributed by atoms with Gasteiger partial charge in [-0.3, -0.25) is 19.8 Å². The molecule has 0 aromatic carbocycles. The Morgan fingerprint density at radius 2 is 2.25 bits per heavy atom. The summed E-state index contributed by atoms with van der Waals surface area (Å²) in [6, 6.07) is 2.39. The summed E-state index contributed by atoms with van der Waals surface area (Å²) < 4.78 is 22.0. The van der Waals surface area contributed by atoms with Gasteiger partial charge in [0.2, 0.25) is 15.0 Å². The second-order valence-electron chi connectivity index (χ2n) is 4.41. The van der Waals surface area contributed by atoms with E-state index in [4.69, 9.17) is 10.7 Å². The first-order valence-electron chi connectivity index (χ1n) is 5.59. The standard InChI is InChI=1S/C10H10ClN3O5S/c11-20(18,19)6-7-3-10(15)13(5-7)9-4-8(14(16)17)1-2-12-9/h1-2,4,7H,3,5-6H2. The molecule has 1 aliphatic rings. The monoisotopic (exact) mass is 319 g/mol. The molecule has 8 nitrogen and oxygen atoms in total. The Kier molecular flexibility index (Phi) is 3.91. The molecule has 0 N–H and O–H groups in total. The molecule has 108 valence electrons. The highest BCUT2D eigenvalue weighted by molar-refractivity contribution is 8.13. The van der Waals surface area contributed by atoms with Gasteiger partial charge < -0.3 is 0 Å². The van der Waals surface area contributed by atoms with Crippen LogP contribution < -0.4 is 4.90 Å². The van der Waals surface area contributed by atoms with Crippen LogP contribution >= 0.6 is 10.7 Å².